The topological polar surface area (TPSA) is 78.9 Å². The minimum absolute atomic E-state index is 0.118. The predicted octanol–water partition coefficient (Wildman–Crippen LogP) is 3.98. The molecule has 21 heavy (non-hydrogen) atoms. The number of hydrogen-bond acceptors (Lipinski definition) is 5. The molecule has 0 atom stereocenters. The second-order valence-corrected chi connectivity index (χ2v) is 6.57. The molecule has 0 saturated carbocycles. The van der Waals surface area contributed by atoms with Crippen molar-refractivity contribution >= 4 is 51.3 Å². The molecule has 1 heterocycles. The molecule has 4 nitrogen and oxygen atoms in total. The van der Waals surface area contributed by atoms with E-state index >= 15 is 0 Å². The number of nitriles is 1. The normalized spacial score (nSPS) is 10.1. The fourth-order valence-corrected chi connectivity index (χ4v) is 3.55. The molecule has 0 spiro atoms. The first-order valence-electron chi connectivity index (χ1n) is 6.05. The molecule has 7 heteroatoms. The van der Waals surface area contributed by atoms with Crippen molar-refractivity contribution in [1.82, 2.24) is 0 Å². The number of thioether (sulfide) groups is 1. The Morgan fingerprint density at radius 3 is 3.00 bits per heavy atom. The van der Waals surface area contributed by atoms with Gasteiger partial charge in [0.2, 0.25) is 5.91 Å². The molecule has 0 fully saturated rings. The van der Waals surface area contributed by atoms with Gasteiger partial charge in [0.1, 0.15) is 11.1 Å². The highest BCUT2D eigenvalue weighted by molar-refractivity contribution is 7.99. The van der Waals surface area contributed by atoms with Crippen LogP contribution < -0.4 is 11.1 Å². The number of hydrogen-bond donors (Lipinski definition) is 2. The van der Waals surface area contributed by atoms with E-state index in [4.69, 9.17) is 22.6 Å². The number of thiophene rings is 1. The summed E-state index contributed by atoms with van der Waals surface area (Å²) in [5.41, 5.74) is 6.73. The molecule has 0 saturated heterocycles. The number of nitrogens with one attached hydrogen (secondary N) is 1. The first kappa shape index (κ1) is 15.7. The van der Waals surface area contributed by atoms with Gasteiger partial charge in [-0.1, -0.05) is 11.6 Å². The van der Waals surface area contributed by atoms with E-state index < -0.39 is 0 Å². The Morgan fingerprint density at radius 2 is 2.29 bits per heavy atom. The maximum atomic E-state index is 11.8. The van der Waals surface area contributed by atoms with E-state index in [0.717, 1.165) is 4.90 Å². The summed E-state index contributed by atoms with van der Waals surface area (Å²) < 4.78 is 0. The number of carbonyl (C=O) groups excluding carboxylic acids is 1. The average molecular weight is 338 g/mol. The summed E-state index contributed by atoms with van der Waals surface area (Å²) >= 11 is 8.90. The van der Waals surface area contributed by atoms with Gasteiger partial charge in [0.15, 0.2) is 0 Å². The zero-order chi connectivity index (χ0) is 15.2. The summed E-state index contributed by atoms with van der Waals surface area (Å²) in [6, 6.07) is 9.03. The van der Waals surface area contributed by atoms with Crippen molar-refractivity contribution in [2.45, 2.75) is 11.3 Å². The summed E-state index contributed by atoms with van der Waals surface area (Å²) in [7, 11) is 0. The zero-order valence-electron chi connectivity index (χ0n) is 10.9. The molecular weight excluding hydrogens is 326 g/mol. The van der Waals surface area contributed by atoms with Crippen LogP contribution >= 0.6 is 34.7 Å². The SMILES string of the molecule is N#Cc1ccsc1NC(=O)CCSc1ccc(N)cc1Cl. The van der Waals surface area contributed by atoms with Gasteiger partial charge in [-0.3, -0.25) is 4.79 Å². The molecule has 3 N–H and O–H groups in total. The molecule has 0 aliphatic heterocycles. The van der Waals surface area contributed by atoms with Gasteiger partial charge in [-0.15, -0.1) is 23.1 Å². The van der Waals surface area contributed by atoms with Crippen LogP contribution in [0.3, 0.4) is 0 Å². The third-order valence-electron chi connectivity index (χ3n) is 2.58. The van der Waals surface area contributed by atoms with Crippen LogP contribution in [-0.2, 0) is 4.79 Å². The molecule has 2 rings (SSSR count). The van der Waals surface area contributed by atoms with E-state index in [2.05, 4.69) is 5.32 Å². The smallest absolute Gasteiger partial charge is 0.225 e. The van der Waals surface area contributed by atoms with Crippen molar-refractivity contribution in [2.75, 3.05) is 16.8 Å². The van der Waals surface area contributed by atoms with Crippen LogP contribution in [0.25, 0.3) is 0 Å². The van der Waals surface area contributed by atoms with Gasteiger partial charge in [0.05, 0.1) is 10.6 Å². The number of anilines is 2. The monoisotopic (exact) mass is 337 g/mol. The van der Waals surface area contributed by atoms with E-state index in [1.165, 1.54) is 23.1 Å². The molecule has 1 aromatic heterocycles. The maximum absolute atomic E-state index is 11.8. The summed E-state index contributed by atoms with van der Waals surface area (Å²) in [6.07, 6.45) is 0.341. The third kappa shape index (κ3) is 4.39. The van der Waals surface area contributed by atoms with Gasteiger partial charge in [-0.2, -0.15) is 5.26 Å². The van der Waals surface area contributed by atoms with Crippen LogP contribution in [0.2, 0.25) is 5.02 Å². The van der Waals surface area contributed by atoms with Crippen LogP contribution in [0.4, 0.5) is 10.7 Å². The molecule has 1 aromatic carbocycles. The lowest BCUT2D eigenvalue weighted by molar-refractivity contribution is -0.115. The zero-order valence-corrected chi connectivity index (χ0v) is 13.3. The number of nitrogens with two attached hydrogens (primary N) is 1. The lowest BCUT2D eigenvalue weighted by Gasteiger charge is -2.05. The average Bonchev–Trinajstić information content (AvgIpc) is 2.88. The van der Waals surface area contributed by atoms with E-state index in [1.807, 2.05) is 12.1 Å². The highest BCUT2D eigenvalue weighted by atomic mass is 35.5. The first-order chi connectivity index (χ1) is 10.1. The van der Waals surface area contributed by atoms with E-state index in [0.29, 0.717) is 33.4 Å². The van der Waals surface area contributed by atoms with Crippen LogP contribution in [0.15, 0.2) is 34.5 Å². The van der Waals surface area contributed by atoms with Crippen LogP contribution in [0, 0.1) is 11.3 Å². The number of benzene rings is 1. The van der Waals surface area contributed by atoms with Gasteiger partial charge in [-0.25, -0.2) is 0 Å². The van der Waals surface area contributed by atoms with Crippen molar-refractivity contribution in [2.24, 2.45) is 0 Å². The van der Waals surface area contributed by atoms with Gasteiger partial charge in [0.25, 0.3) is 0 Å². The van der Waals surface area contributed by atoms with E-state index in [9.17, 15) is 4.79 Å². The highest BCUT2D eigenvalue weighted by Gasteiger charge is 2.09. The minimum Gasteiger partial charge on any atom is -0.399 e. The summed E-state index contributed by atoms with van der Waals surface area (Å²) in [5.74, 6) is 0.482. The highest BCUT2D eigenvalue weighted by Crippen LogP contribution is 2.29. The number of amides is 1. The molecule has 0 aliphatic rings. The number of carbonyl (C=O) groups is 1. The first-order valence-corrected chi connectivity index (χ1v) is 8.29. The quantitative estimate of drug-likeness (QED) is 0.639. The van der Waals surface area contributed by atoms with E-state index in [-0.39, 0.29) is 5.91 Å². The minimum atomic E-state index is -0.118. The molecule has 108 valence electrons. The van der Waals surface area contributed by atoms with Gasteiger partial charge in [-0.05, 0) is 29.6 Å². The van der Waals surface area contributed by atoms with E-state index in [1.54, 1.807) is 23.6 Å². The predicted molar refractivity (Wildman–Crippen MR) is 88.9 cm³/mol. The third-order valence-corrected chi connectivity index (χ3v) is 4.91. The number of nitrogen functional groups attached to an aromatic ring is 1. The number of halogens is 1. The molecule has 2 aromatic rings. The molecule has 0 unspecified atom stereocenters. The second-order valence-electron chi connectivity index (χ2n) is 4.11. The van der Waals surface area contributed by atoms with Crippen molar-refractivity contribution in [3.8, 4) is 6.07 Å². The van der Waals surface area contributed by atoms with Crippen molar-refractivity contribution < 1.29 is 4.79 Å². The Balaban J connectivity index is 1.83. The Labute approximate surface area is 135 Å². The molecule has 0 aliphatic carbocycles. The Morgan fingerprint density at radius 1 is 1.48 bits per heavy atom. The largest absolute Gasteiger partial charge is 0.399 e. The molecular formula is C14H12ClN3OS2. The number of rotatable bonds is 5. The van der Waals surface area contributed by atoms with Gasteiger partial charge >= 0.3 is 0 Å². The fourth-order valence-electron chi connectivity index (χ4n) is 1.57. The maximum Gasteiger partial charge on any atom is 0.225 e. The Hall–Kier alpha value is -1.68. The molecule has 0 radical (unpaired) electrons. The standard InChI is InChI=1S/C14H12ClN3OS2/c15-11-7-10(17)1-2-12(11)20-6-4-13(19)18-14-9(8-16)3-5-21-14/h1-3,5,7H,4,6,17H2,(H,18,19). The fraction of sp³-hybridized carbons (Fsp3) is 0.143. The lowest BCUT2D eigenvalue weighted by atomic mass is 10.3. The summed E-state index contributed by atoms with van der Waals surface area (Å²) in [4.78, 5) is 12.7. The molecule has 0 bridgehead atoms. The van der Waals surface area contributed by atoms with Crippen LogP contribution in [-0.4, -0.2) is 11.7 Å². The van der Waals surface area contributed by atoms with Crippen LogP contribution in [0.5, 0.6) is 0 Å². The van der Waals surface area contributed by atoms with Gasteiger partial charge in [0, 0.05) is 22.8 Å². The molecule has 1 amide bonds. The second kappa shape index (κ2) is 7.36. The Kier molecular flexibility index (Phi) is 5.51. The summed E-state index contributed by atoms with van der Waals surface area (Å²) in [5, 5.41) is 14.6. The summed E-state index contributed by atoms with van der Waals surface area (Å²) in [6.45, 7) is 0. The van der Waals surface area contributed by atoms with Gasteiger partial charge < -0.3 is 11.1 Å². The van der Waals surface area contributed by atoms with Crippen molar-refractivity contribution in [3.05, 3.63) is 40.2 Å². The number of nitrogens with zero attached hydrogens (tertiary/aromatic N) is 1. The Bertz CT molecular complexity index is 694. The van der Waals surface area contributed by atoms with Crippen molar-refractivity contribution in [3.63, 3.8) is 0 Å². The van der Waals surface area contributed by atoms with Crippen molar-refractivity contribution in [1.29, 1.82) is 5.26 Å². The lowest BCUT2D eigenvalue weighted by Crippen LogP contribution is -2.11. The van der Waals surface area contributed by atoms with Crippen LogP contribution in [0.1, 0.15) is 12.0 Å².